The zero-order valence-corrected chi connectivity index (χ0v) is 48.0. The van der Waals surface area contributed by atoms with Crippen molar-refractivity contribution in [3.8, 4) is 0 Å². The van der Waals surface area contributed by atoms with Crippen LogP contribution in [0.3, 0.4) is 0 Å². The van der Waals surface area contributed by atoms with Gasteiger partial charge in [-0.1, -0.05) is 225 Å². The molecule has 0 saturated carbocycles. The van der Waals surface area contributed by atoms with Crippen molar-refractivity contribution in [2.75, 3.05) is 13.2 Å². The molecule has 1 saturated heterocycles. The van der Waals surface area contributed by atoms with Crippen molar-refractivity contribution in [2.24, 2.45) is 0 Å². The number of aliphatic hydroxyl groups excluding tert-OH is 5. The van der Waals surface area contributed by atoms with Crippen molar-refractivity contribution < 1.29 is 49.3 Å². The summed E-state index contributed by atoms with van der Waals surface area (Å²) < 4.78 is 17.5. The predicted molar refractivity (Wildman–Crippen MR) is 319 cm³/mol. The van der Waals surface area contributed by atoms with Gasteiger partial charge in [0.2, 0.25) is 5.91 Å². The van der Waals surface area contributed by atoms with E-state index in [9.17, 15) is 35.1 Å². The van der Waals surface area contributed by atoms with Crippen LogP contribution in [-0.4, -0.2) is 99.6 Å². The number of rotatable bonds is 48. The largest absolute Gasteiger partial charge is 0.454 e. The Balaban J connectivity index is 2.79. The van der Waals surface area contributed by atoms with Gasteiger partial charge in [0.05, 0.1) is 25.4 Å². The summed E-state index contributed by atoms with van der Waals surface area (Å²) in [4.78, 5) is 26.5. The van der Waals surface area contributed by atoms with Crippen molar-refractivity contribution in [1.82, 2.24) is 5.32 Å². The second-order valence-corrected chi connectivity index (χ2v) is 20.0. The van der Waals surface area contributed by atoms with Crippen molar-refractivity contribution in [3.05, 3.63) is 134 Å². The molecule has 436 valence electrons. The summed E-state index contributed by atoms with van der Waals surface area (Å²) in [6, 6.07) is -1.06. The Morgan fingerprint density at radius 1 is 0.519 bits per heavy atom. The highest BCUT2D eigenvalue weighted by Crippen LogP contribution is 2.26. The molecule has 1 aliphatic heterocycles. The summed E-state index contributed by atoms with van der Waals surface area (Å²) in [5.74, 6) is -1.30. The highest BCUT2D eigenvalue weighted by atomic mass is 16.7. The van der Waals surface area contributed by atoms with Crippen LogP contribution in [0, 0.1) is 0 Å². The maximum atomic E-state index is 13.4. The first-order valence-electron chi connectivity index (χ1n) is 30.0. The molecule has 1 heterocycles. The standard InChI is InChI=1S/C66H107NO10/c1-4-7-10-13-16-19-22-25-27-29-31-32-35-38-41-44-47-50-53-59(70)65(74)67-57(58(69)52-49-46-43-40-37-34-24-21-18-15-12-9-6-3)56-75-66-64(63(73)62(72)60(55-68)76-66)77-61(71)54-51-48-45-42-39-36-33-30-28-26-23-20-17-14-11-8-5-2/h7-8,10-11,16-17,19-20,25-28,31-33,36,38,41-42,45,49,52,57-60,62-64,66,68-70,72-73H,4-6,9,12-15,18,21-24,29-30,34-35,37,39-40,43-44,46-48,50-51,53-56H2,1-3H3,(H,67,74)/b10-7-,11-8-,19-16-,20-17-,27-25-,28-26-,32-31-,36-33-,41-38-,45-42-,52-49+. The molecule has 0 aromatic rings. The van der Waals surface area contributed by atoms with Crippen LogP contribution in [-0.2, 0) is 23.8 Å². The van der Waals surface area contributed by atoms with E-state index in [-0.39, 0.29) is 19.4 Å². The quantitative estimate of drug-likeness (QED) is 0.0195. The Labute approximate surface area is 467 Å². The molecule has 0 radical (unpaired) electrons. The molecule has 0 bridgehead atoms. The minimum Gasteiger partial charge on any atom is -0.454 e. The molecule has 1 amide bonds. The van der Waals surface area contributed by atoms with E-state index < -0.39 is 67.4 Å². The number of unbranched alkanes of at least 4 members (excludes halogenated alkanes) is 14. The third-order valence-corrected chi connectivity index (χ3v) is 13.0. The fourth-order valence-corrected chi connectivity index (χ4v) is 8.36. The second-order valence-electron chi connectivity index (χ2n) is 20.0. The van der Waals surface area contributed by atoms with Crippen LogP contribution in [0.25, 0.3) is 0 Å². The highest BCUT2D eigenvalue weighted by molar-refractivity contribution is 5.80. The molecule has 6 N–H and O–H groups in total. The lowest BCUT2D eigenvalue weighted by atomic mass is 9.99. The highest BCUT2D eigenvalue weighted by Gasteiger charge is 2.47. The Morgan fingerprint density at radius 3 is 1.40 bits per heavy atom. The lowest BCUT2D eigenvalue weighted by molar-refractivity contribution is -0.305. The Bertz CT molecular complexity index is 1760. The number of carbonyl (C=O) groups excluding carboxylic acids is 2. The number of ether oxygens (including phenoxy) is 3. The van der Waals surface area contributed by atoms with Gasteiger partial charge in [-0.25, -0.2) is 0 Å². The van der Waals surface area contributed by atoms with Gasteiger partial charge in [0.1, 0.15) is 24.4 Å². The van der Waals surface area contributed by atoms with Gasteiger partial charge in [0, 0.05) is 6.42 Å². The summed E-state index contributed by atoms with van der Waals surface area (Å²) >= 11 is 0. The van der Waals surface area contributed by atoms with E-state index in [2.05, 4.69) is 135 Å². The van der Waals surface area contributed by atoms with Gasteiger partial charge >= 0.3 is 5.97 Å². The maximum absolute atomic E-state index is 13.4. The number of amides is 1. The molecule has 0 spiro atoms. The fraction of sp³-hybridized carbons (Fsp3) is 0.636. The molecule has 0 aliphatic carbocycles. The number of hydrogen-bond acceptors (Lipinski definition) is 10. The Hall–Kier alpha value is -4.20. The van der Waals surface area contributed by atoms with E-state index in [4.69, 9.17) is 14.2 Å². The van der Waals surface area contributed by atoms with E-state index in [0.717, 1.165) is 103 Å². The van der Waals surface area contributed by atoms with Gasteiger partial charge in [-0.2, -0.15) is 0 Å². The molecule has 0 aromatic carbocycles. The Morgan fingerprint density at radius 2 is 0.935 bits per heavy atom. The van der Waals surface area contributed by atoms with E-state index in [1.165, 1.54) is 51.4 Å². The van der Waals surface area contributed by atoms with Gasteiger partial charge in [-0.3, -0.25) is 9.59 Å². The topological polar surface area (TPSA) is 175 Å². The van der Waals surface area contributed by atoms with Gasteiger partial charge < -0.3 is 45.1 Å². The number of esters is 1. The molecule has 1 rings (SSSR count). The average Bonchev–Trinajstić information content (AvgIpc) is 3.43. The lowest BCUT2D eigenvalue weighted by Crippen LogP contribution is -2.61. The summed E-state index contributed by atoms with van der Waals surface area (Å²) in [5.41, 5.74) is 0. The van der Waals surface area contributed by atoms with Crippen LogP contribution < -0.4 is 5.32 Å². The zero-order chi connectivity index (χ0) is 56.1. The molecule has 8 unspecified atom stereocenters. The molecule has 8 atom stereocenters. The normalized spacial score (nSPS) is 20.0. The van der Waals surface area contributed by atoms with Crippen molar-refractivity contribution in [3.63, 3.8) is 0 Å². The van der Waals surface area contributed by atoms with Gasteiger partial charge in [0.25, 0.3) is 0 Å². The van der Waals surface area contributed by atoms with Crippen LogP contribution in [0.1, 0.15) is 207 Å². The van der Waals surface area contributed by atoms with Crippen molar-refractivity contribution >= 4 is 11.9 Å². The monoisotopic (exact) mass is 1070 g/mol. The van der Waals surface area contributed by atoms with Crippen LogP contribution >= 0.6 is 0 Å². The molecule has 1 fully saturated rings. The van der Waals surface area contributed by atoms with Crippen LogP contribution in [0.2, 0.25) is 0 Å². The van der Waals surface area contributed by atoms with E-state index in [1.807, 2.05) is 18.2 Å². The first-order chi connectivity index (χ1) is 37.7. The number of nitrogens with one attached hydrogen (secondary N) is 1. The minimum absolute atomic E-state index is 0.0330. The average molecular weight is 1070 g/mol. The third kappa shape index (κ3) is 40.6. The predicted octanol–water partition coefficient (Wildman–Crippen LogP) is 14.1. The maximum Gasteiger partial charge on any atom is 0.306 e. The first kappa shape index (κ1) is 70.8. The first-order valence-corrected chi connectivity index (χ1v) is 30.0. The SMILES string of the molecule is CC/C=C\C/C=C\C/C=C\C/C=C\C/C=C\CCCCC(O)C(=O)NC(COC1OC(CO)C(O)C(O)C1OC(=O)CCC/C=C\C/C=C\C/C=C\C/C=C\C/C=C\CC)C(O)/C=C/CCCCCCCCCCCCC. The Kier molecular flexibility index (Phi) is 48.3. The number of carbonyl (C=O) groups is 2. The molecular formula is C66H107NO10. The molecule has 0 aromatic heterocycles. The van der Waals surface area contributed by atoms with E-state index in [1.54, 1.807) is 6.08 Å². The lowest BCUT2D eigenvalue weighted by Gasteiger charge is -2.41. The summed E-state index contributed by atoms with van der Waals surface area (Å²) in [7, 11) is 0. The molecule has 1 aliphatic rings. The summed E-state index contributed by atoms with van der Waals surface area (Å²) in [5, 5.41) is 56.9. The van der Waals surface area contributed by atoms with Gasteiger partial charge in [-0.05, 0) is 109 Å². The zero-order valence-electron chi connectivity index (χ0n) is 48.0. The van der Waals surface area contributed by atoms with Crippen molar-refractivity contribution in [2.45, 2.75) is 256 Å². The van der Waals surface area contributed by atoms with Gasteiger partial charge in [0.15, 0.2) is 12.4 Å². The number of aliphatic hydroxyl groups is 5. The van der Waals surface area contributed by atoms with Crippen LogP contribution in [0.15, 0.2) is 134 Å². The number of allylic oxidation sites excluding steroid dienone is 21. The van der Waals surface area contributed by atoms with E-state index in [0.29, 0.717) is 19.3 Å². The summed E-state index contributed by atoms with van der Waals surface area (Å²) in [6.07, 6.45) is 63.5. The molecule has 11 heteroatoms. The van der Waals surface area contributed by atoms with Gasteiger partial charge in [-0.15, -0.1) is 0 Å². The second kappa shape index (κ2) is 52.5. The van der Waals surface area contributed by atoms with Crippen LogP contribution in [0.4, 0.5) is 0 Å². The van der Waals surface area contributed by atoms with Crippen LogP contribution in [0.5, 0.6) is 0 Å². The number of hydrogen-bond donors (Lipinski definition) is 6. The molecular weight excluding hydrogens is 967 g/mol. The third-order valence-electron chi connectivity index (χ3n) is 13.0. The fourth-order valence-electron chi connectivity index (χ4n) is 8.36. The van der Waals surface area contributed by atoms with E-state index >= 15 is 0 Å². The molecule has 77 heavy (non-hydrogen) atoms. The molecule has 11 nitrogen and oxygen atoms in total. The smallest absolute Gasteiger partial charge is 0.306 e. The summed E-state index contributed by atoms with van der Waals surface area (Å²) in [6.45, 7) is 5.49. The minimum atomic E-state index is -1.65. The van der Waals surface area contributed by atoms with Crippen molar-refractivity contribution in [1.29, 1.82) is 0 Å².